The number of rotatable bonds is 9. The van der Waals surface area contributed by atoms with E-state index in [1.165, 1.54) is 5.56 Å². The molecule has 5 rings (SSSR count). The predicted molar refractivity (Wildman–Crippen MR) is 157 cm³/mol. The molecule has 0 aliphatic carbocycles. The number of hydrogen-bond donors (Lipinski definition) is 2. The van der Waals surface area contributed by atoms with Crippen LogP contribution >= 0.6 is 0 Å². The molecule has 2 aliphatic heterocycles. The van der Waals surface area contributed by atoms with Gasteiger partial charge in [0.15, 0.2) is 11.5 Å². The Morgan fingerprint density at radius 2 is 1.59 bits per heavy atom. The van der Waals surface area contributed by atoms with E-state index in [0.717, 1.165) is 40.8 Å². The Bertz CT molecular complexity index is 1390. The van der Waals surface area contributed by atoms with Gasteiger partial charge in [0.05, 0.1) is 19.6 Å². The standard InChI is InChI=1S/C33H38N2O6/c1-5-21-15-20(3)16-22(6-2)31(21)34-29(36)19-35-18-26(24-9-12-27-28(17-24)41-14-13-40-27)30(33(37)38)32(35)23-7-10-25(39-4)11-8-23/h7-12,15-17,26,30,32H,5-6,13-14,18-19H2,1-4H3,(H,34,36)(H,37,38)/t26-,30?,32+/m1/s1. The smallest absolute Gasteiger partial charge is 0.309 e. The zero-order valence-corrected chi connectivity index (χ0v) is 24.1. The van der Waals surface area contributed by atoms with Crippen molar-refractivity contribution in [3.8, 4) is 17.2 Å². The maximum absolute atomic E-state index is 13.6. The van der Waals surface area contributed by atoms with Crippen LogP contribution in [0.5, 0.6) is 17.2 Å². The average molecular weight is 559 g/mol. The van der Waals surface area contributed by atoms with E-state index in [0.29, 0.717) is 37.0 Å². The fourth-order valence-corrected chi connectivity index (χ4v) is 6.24. The van der Waals surface area contributed by atoms with Gasteiger partial charge in [-0.15, -0.1) is 0 Å². The first-order valence-corrected chi connectivity index (χ1v) is 14.3. The van der Waals surface area contributed by atoms with Crippen LogP contribution in [-0.4, -0.2) is 55.3 Å². The second-order valence-corrected chi connectivity index (χ2v) is 10.7. The molecule has 0 bridgehead atoms. The van der Waals surface area contributed by atoms with Crippen LogP contribution in [0.2, 0.25) is 0 Å². The molecule has 8 heteroatoms. The summed E-state index contributed by atoms with van der Waals surface area (Å²) in [5.74, 6) is -0.254. The van der Waals surface area contributed by atoms with E-state index in [9.17, 15) is 14.7 Å². The lowest BCUT2D eigenvalue weighted by Crippen LogP contribution is -2.35. The molecule has 1 fully saturated rings. The van der Waals surface area contributed by atoms with Crippen molar-refractivity contribution in [2.75, 3.05) is 38.7 Å². The number of carboxylic acids is 1. The first-order chi connectivity index (χ1) is 19.8. The van der Waals surface area contributed by atoms with E-state index in [2.05, 4.69) is 38.2 Å². The lowest BCUT2D eigenvalue weighted by atomic mass is 9.82. The molecule has 2 heterocycles. The van der Waals surface area contributed by atoms with Crippen molar-refractivity contribution in [2.24, 2.45) is 5.92 Å². The van der Waals surface area contributed by atoms with Crippen molar-refractivity contribution in [1.29, 1.82) is 0 Å². The quantitative estimate of drug-likeness (QED) is 0.364. The molecule has 3 aromatic carbocycles. The molecular formula is C33H38N2O6. The molecule has 0 saturated carbocycles. The predicted octanol–water partition coefficient (Wildman–Crippen LogP) is 5.38. The number of nitrogens with one attached hydrogen (secondary N) is 1. The first kappa shape index (κ1) is 28.5. The van der Waals surface area contributed by atoms with Crippen LogP contribution in [0.4, 0.5) is 5.69 Å². The summed E-state index contributed by atoms with van der Waals surface area (Å²) in [5, 5.41) is 13.7. The Hall–Kier alpha value is -4.04. The molecule has 216 valence electrons. The third kappa shape index (κ3) is 5.88. The minimum Gasteiger partial charge on any atom is -0.497 e. The molecule has 41 heavy (non-hydrogen) atoms. The number of aliphatic carboxylic acids is 1. The molecule has 0 radical (unpaired) electrons. The monoisotopic (exact) mass is 558 g/mol. The second kappa shape index (κ2) is 12.2. The summed E-state index contributed by atoms with van der Waals surface area (Å²) in [4.78, 5) is 28.5. The average Bonchev–Trinajstić information content (AvgIpc) is 3.36. The SMILES string of the molecule is CCc1cc(C)cc(CC)c1NC(=O)CN1C[C@H](c2ccc3c(c2)OCCO3)C(C(=O)O)[C@@H]1c1ccc(OC)cc1. The Morgan fingerprint density at radius 1 is 0.951 bits per heavy atom. The number of ether oxygens (including phenoxy) is 3. The molecule has 1 amide bonds. The number of methoxy groups -OCH3 is 1. The highest BCUT2D eigenvalue weighted by Crippen LogP contribution is 2.47. The van der Waals surface area contributed by atoms with Crippen LogP contribution in [-0.2, 0) is 22.4 Å². The Kier molecular flexibility index (Phi) is 8.49. The fourth-order valence-electron chi connectivity index (χ4n) is 6.24. The number of nitrogens with zero attached hydrogens (tertiary/aromatic N) is 1. The van der Waals surface area contributed by atoms with E-state index >= 15 is 0 Å². The number of benzene rings is 3. The van der Waals surface area contributed by atoms with Crippen molar-refractivity contribution in [3.63, 3.8) is 0 Å². The van der Waals surface area contributed by atoms with Gasteiger partial charge in [0.2, 0.25) is 5.91 Å². The summed E-state index contributed by atoms with van der Waals surface area (Å²) in [6.45, 7) is 7.62. The van der Waals surface area contributed by atoms with Gasteiger partial charge in [-0.3, -0.25) is 14.5 Å². The number of carbonyl (C=O) groups is 2. The lowest BCUT2D eigenvalue weighted by molar-refractivity contribution is -0.143. The first-order valence-electron chi connectivity index (χ1n) is 14.3. The Labute approximate surface area is 241 Å². The van der Waals surface area contributed by atoms with E-state index in [4.69, 9.17) is 14.2 Å². The van der Waals surface area contributed by atoms with Gasteiger partial charge in [0.1, 0.15) is 19.0 Å². The Balaban J connectivity index is 1.49. The number of carbonyl (C=O) groups excluding carboxylic acids is 1. The maximum atomic E-state index is 13.6. The number of carboxylic acid groups (broad SMARTS) is 1. The van der Waals surface area contributed by atoms with Crippen LogP contribution in [0, 0.1) is 12.8 Å². The third-order valence-electron chi connectivity index (χ3n) is 8.15. The van der Waals surface area contributed by atoms with E-state index in [1.54, 1.807) is 7.11 Å². The highest BCUT2D eigenvalue weighted by molar-refractivity contribution is 5.94. The summed E-state index contributed by atoms with van der Waals surface area (Å²) in [6.07, 6.45) is 1.60. The maximum Gasteiger partial charge on any atom is 0.309 e. The van der Waals surface area contributed by atoms with Crippen molar-refractivity contribution < 1.29 is 28.9 Å². The Morgan fingerprint density at radius 3 is 2.20 bits per heavy atom. The zero-order chi connectivity index (χ0) is 29.1. The number of hydrogen-bond acceptors (Lipinski definition) is 6. The number of amides is 1. The lowest BCUT2D eigenvalue weighted by Gasteiger charge is -2.27. The highest BCUT2D eigenvalue weighted by atomic mass is 16.6. The summed E-state index contributed by atoms with van der Waals surface area (Å²) in [7, 11) is 1.60. The molecular weight excluding hydrogens is 520 g/mol. The number of likely N-dealkylation sites (tertiary alicyclic amines) is 1. The summed E-state index contributed by atoms with van der Waals surface area (Å²) >= 11 is 0. The molecule has 2 aliphatic rings. The molecule has 2 N–H and O–H groups in total. The molecule has 1 saturated heterocycles. The zero-order valence-electron chi connectivity index (χ0n) is 24.1. The van der Waals surface area contributed by atoms with Crippen LogP contribution < -0.4 is 19.5 Å². The minimum absolute atomic E-state index is 0.0573. The fraction of sp³-hybridized carbons (Fsp3) is 0.394. The van der Waals surface area contributed by atoms with Crippen LogP contribution in [0.25, 0.3) is 0 Å². The molecule has 8 nitrogen and oxygen atoms in total. The van der Waals surface area contributed by atoms with Crippen LogP contribution in [0.1, 0.15) is 53.6 Å². The van der Waals surface area contributed by atoms with Gasteiger partial charge in [-0.1, -0.05) is 49.7 Å². The molecule has 3 atom stereocenters. The summed E-state index contributed by atoms with van der Waals surface area (Å²) < 4.78 is 16.8. The third-order valence-corrected chi connectivity index (χ3v) is 8.15. The van der Waals surface area contributed by atoms with Crippen molar-refractivity contribution in [1.82, 2.24) is 4.90 Å². The van der Waals surface area contributed by atoms with Crippen LogP contribution in [0.3, 0.4) is 0 Å². The van der Waals surface area contributed by atoms with E-state index in [-0.39, 0.29) is 18.4 Å². The van der Waals surface area contributed by atoms with Crippen molar-refractivity contribution in [2.45, 2.75) is 45.6 Å². The van der Waals surface area contributed by atoms with Gasteiger partial charge < -0.3 is 24.6 Å². The van der Waals surface area contributed by atoms with E-state index < -0.39 is 17.9 Å². The van der Waals surface area contributed by atoms with E-state index in [1.807, 2.05) is 47.4 Å². The van der Waals surface area contributed by atoms with Gasteiger partial charge in [-0.2, -0.15) is 0 Å². The van der Waals surface area contributed by atoms with Crippen molar-refractivity contribution >= 4 is 17.6 Å². The number of anilines is 1. The minimum atomic E-state index is -0.909. The van der Waals surface area contributed by atoms with Crippen LogP contribution in [0.15, 0.2) is 54.6 Å². The van der Waals surface area contributed by atoms with Gasteiger partial charge in [-0.05, 0) is 66.3 Å². The van der Waals surface area contributed by atoms with Crippen molar-refractivity contribution in [3.05, 3.63) is 82.4 Å². The molecule has 0 spiro atoms. The number of aryl methyl sites for hydroxylation is 3. The normalized spacial score (nSPS) is 20.0. The summed E-state index contributed by atoms with van der Waals surface area (Å²) in [5.41, 5.74) is 5.90. The van der Waals surface area contributed by atoms with Gasteiger partial charge in [0.25, 0.3) is 0 Å². The molecule has 0 aromatic heterocycles. The van der Waals surface area contributed by atoms with Gasteiger partial charge in [0, 0.05) is 24.2 Å². The number of fused-ring (bicyclic) bond motifs is 1. The largest absolute Gasteiger partial charge is 0.497 e. The van der Waals surface area contributed by atoms with Gasteiger partial charge in [-0.25, -0.2) is 0 Å². The topological polar surface area (TPSA) is 97.3 Å². The molecule has 1 unspecified atom stereocenters. The molecule has 3 aromatic rings. The summed E-state index contributed by atoms with van der Waals surface area (Å²) in [6, 6.07) is 16.8. The second-order valence-electron chi connectivity index (χ2n) is 10.7. The highest BCUT2D eigenvalue weighted by Gasteiger charge is 2.48. The van der Waals surface area contributed by atoms with Gasteiger partial charge >= 0.3 is 5.97 Å².